The van der Waals surface area contributed by atoms with Crippen LogP contribution in [-0.2, 0) is 11.2 Å². The third-order valence-electron chi connectivity index (χ3n) is 3.69. The Morgan fingerprint density at radius 2 is 1.63 bits per heavy atom. The molecule has 0 spiro atoms. The van der Waals surface area contributed by atoms with Crippen LogP contribution in [0.2, 0.25) is 0 Å². The number of hydrogen-bond acceptors (Lipinski definition) is 6. The highest BCUT2D eigenvalue weighted by atomic mass is 16.5. The molecule has 3 aromatic rings. The summed E-state index contributed by atoms with van der Waals surface area (Å²) in [7, 11) is 0. The van der Waals surface area contributed by atoms with Gasteiger partial charge in [0.2, 0.25) is 11.8 Å². The van der Waals surface area contributed by atoms with E-state index in [1.165, 1.54) is 0 Å². The molecule has 1 aromatic heterocycles. The Bertz CT molecular complexity index is 873. The lowest BCUT2D eigenvalue weighted by atomic mass is 10.2. The summed E-state index contributed by atoms with van der Waals surface area (Å²) in [6, 6.07) is 14.3. The van der Waals surface area contributed by atoms with Gasteiger partial charge in [-0.25, -0.2) is 0 Å². The molecule has 140 valence electrons. The predicted octanol–water partition coefficient (Wildman–Crippen LogP) is 3.72. The highest BCUT2D eigenvalue weighted by Gasteiger charge is 2.08. The SMILES string of the molecule is CCOc1ccc(OCC(=O)Nc2ccc(-c3nnc(CC)o3)cc2)cc1. The second kappa shape index (κ2) is 8.84. The Morgan fingerprint density at radius 1 is 0.963 bits per heavy atom. The van der Waals surface area contributed by atoms with Crippen LogP contribution in [0.5, 0.6) is 11.5 Å². The fourth-order valence-electron chi connectivity index (χ4n) is 2.35. The van der Waals surface area contributed by atoms with Crippen LogP contribution in [0.15, 0.2) is 52.9 Å². The number of carbonyl (C=O) groups is 1. The minimum absolute atomic E-state index is 0.0841. The van der Waals surface area contributed by atoms with Crippen molar-refractivity contribution in [1.82, 2.24) is 10.2 Å². The summed E-state index contributed by atoms with van der Waals surface area (Å²) in [6.07, 6.45) is 0.690. The van der Waals surface area contributed by atoms with Crippen molar-refractivity contribution < 1.29 is 18.7 Å². The summed E-state index contributed by atoms with van der Waals surface area (Å²) in [6.45, 7) is 4.39. The third kappa shape index (κ3) is 5.07. The number of ether oxygens (including phenoxy) is 2. The van der Waals surface area contributed by atoms with Gasteiger partial charge in [0, 0.05) is 17.7 Å². The van der Waals surface area contributed by atoms with E-state index in [9.17, 15) is 4.79 Å². The van der Waals surface area contributed by atoms with Gasteiger partial charge in [-0.05, 0) is 55.5 Å². The molecule has 0 unspecified atom stereocenters. The Labute approximate surface area is 157 Å². The second-order valence-corrected chi connectivity index (χ2v) is 5.67. The van der Waals surface area contributed by atoms with E-state index in [1.807, 2.05) is 26.0 Å². The Balaban J connectivity index is 1.51. The lowest BCUT2D eigenvalue weighted by molar-refractivity contribution is -0.118. The quantitative estimate of drug-likeness (QED) is 0.653. The second-order valence-electron chi connectivity index (χ2n) is 5.67. The normalized spacial score (nSPS) is 10.4. The van der Waals surface area contributed by atoms with Crippen LogP contribution < -0.4 is 14.8 Å². The largest absolute Gasteiger partial charge is 0.494 e. The maximum absolute atomic E-state index is 12.1. The standard InChI is InChI=1S/C20H21N3O4/c1-3-19-22-23-20(27-19)14-5-7-15(8-6-14)21-18(24)13-26-17-11-9-16(10-12-17)25-4-2/h5-12H,3-4,13H2,1-2H3,(H,21,24). The maximum atomic E-state index is 12.1. The van der Waals surface area contributed by atoms with Gasteiger partial charge in [-0.3, -0.25) is 4.79 Å². The molecule has 27 heavy (non-hydrogen) atoms. The molecule has 7 nitrogen and oxygen atoms in total. The highest BCUT2D eigenvalue weighted by molar-refractivity contribution is 5.92. The number of carbonyl (C=O) groups excluding carboxylic acids is 1. The van der Waals surface area contributed by atoms with Gasteiger partial charge in [0.25, 0.3) is 5.91 Å². The van der Waals surface area contributed by atoms with Crippen molar-refractivity contribution in [2.75, 3.05) is 18.5 Å². The molecule has 0 aliphatic carbocycles. The lowest BCUT2D eigenvalue weighted by Crippen LogP contribution is -2.20. The summed E-state index contributed by atoms with van der Waals surface area (Å²) in [5.74, 6) is 2.17. The average Bonchev–Trinajstić information content (AvgIpc) is 3.18. The Morgan fingerprint density at radius 3 is 2.22 bits per heavy atom. The Hall–Kier alpha value is -3.35. The first-order valence-corrected chi connectivity index (χ1v) is 8.76. The van der Waals surface area contributed by atoms with Crippen LogP contribution in [0.25, 0.3) is 11.5 Å². The summed E-state index contributed by atoms with van der Waals surface area (Å²) in [5.41, 5.74) is 1.46. The number of aromatic nitrogens is 2. The molecule has 1 heterocycles. The molecule has 0 radical (unpaired) electrons. The van der Waals surface area contributed by atoms with Gasteiger partial charge in [-0.1, -0.05) is 6.92 Å². The zero-order chi connectivity index (χ0) is 19.1. The molecule has 2 aromatic carbocycles. The smallest absolute Gasteiger partial charge is 0.262 e. The molecule has 0 fully saturated rings. The van der Waals surface area contributed by atoms with E-state index in [0.717, 1.165) is 11.3 Å². The fourth-order valence-corrected chi connectivity index (χ4v) is 2.35. The van der Waals surface area contributed by atoms with E-state index in [-0.39, 0.29) is 12.5 Å². The number of rotatable bonds is 8. The molecular weight excluding hydrogens is 346 g/mol. The van der Waals surface area contributed by atoms with E-state index in [4.69, 9.17) is 13.9 Å². The third-order valence-corrected chi connectivity index (χ3v) is 3.69. The first kappa shape index (κ1) is 18.4. The van der Waals surface area contributed by atoms with Crippen LogP contribution in [0.3, 0.4) is 0 Å². The molecular formula is C20H21N3O4. The van der Waals surface area contributed by atoms with Crippen molar-refractivity contribution in [3.05, 3.63) is 54.4 Å². The zero-order valence-electron chi connectivity index (χ0n) is 15.3. The van der Waals surface area contributed by atoms with Crippen LogP contribution >= 0.6 is 0 Å². The Kier molecular flexibility index (Phi) is 6.04. The molecule has 1 N–H and O–H groups in total. The highest BCUT2D eigenvalue weighted by Crippen LogP contribution is 2.21. The van der Waals surface area contributed by atoms with Gasteiger partial charge in [0.05, 0.1) is 6.61 Å². The molecule has 3 rings (SSSR count). The van der Waals surface area contributed by atoms with Crippen molar-refractivity contribution >= 4 is 11.6 Å². The maximum Gasteiger partial charge on any atom is 0.262 e. The summed E-state index contributed by atoms with van der Waals surface area (Å²) in [4.78, 5) is 12.1. The van der Waals surface area contributed by atoms with Crippen molar-refractivity contribution in [3.8, 4) is 23.0 Å². The van der Waals surface area contributed by atoms with E-state index in [0.29, 0.717) is 36.2 Å². The average molecular weight is 367 g/mol. The monoisotopic (exact) mass is 367 g/mol. The fraction of sp³-hybridized carbons (Fsp3) is 0.250. The lowest BCUT2D eigenvalue weighted by Gasteiger charge is -2.09. The summed E-state index contributed by atoms with van der Waals surface area (Å²) in [5, 5.41) is 10.7. The van der Waals surface area contributed by atoms with Crippen LogP contribution in [0, 0.1) is 0 Å². The molecule has 1 amide bonds. The first-order chi connectivity index (χ1) is 13.2. The van der Waals surface area contributed by atoms with Crippen molar-refractivity contribution in [1.29, 1.82) is 0 Å². The number of hydrogen-bond donors (Lipinski definition) is 1. The van der Waals surface area contributed by atoms with E-state index >= 15 is 0 Å². The number of nitrogens with one attached hydrogen (secondary N) is 1. The zero-order valence-corrected chi connectivity index (χ0v) is 15.3. The van der Waals surface area contributed by atoms with Crippen molar-refractivity contribution in [2.24, 2.45) is 0 Å². The van der Waals surface area contributed by atoms with Gasteiger partial charge in [0.15, 0.2) is 6.61 Å². The predicted molar refractivity (Wildman–Crippen MR) is 101 cm³/mol. The minimum atomic E-state index is -0.248. The molecule has 0 aliphatic heterocycles. The van der Waals surface area contributed by atoms with Gasteiger partial charge in [-0.15, -0.1) is 10.2 Å². The number of nitrogens with zero attached hydrogens (tertiary/aromatic N) is 2. The molecule has 7 heteroatoms. The van der Waals surface area contributed by atoms with Crippen molar-refractivity contribution in [3.63, 3.8) is 0 Å². The van der Waals surface area contributed by atoms with E-state index in [1.54, 1.807) is 36.4 Å². The molecule has 0 aliphatic rings. The summed E-state index contributed by atoms with van der Waals surface area (Å²) >= 11 is 0. The van der Waals surface area contributed by atoms with Crippen LogP contribution in [0.4, 0.5) is 5.69 Å². The molecule has 0 bridgehead atoms. The molecule has 0 atom stereocenters. The van der Waals surface area contributed by atoms with E-state index in [2.05, 4.69) is 15.5 Å². The van der Waals surface area contributed by atoms with Gasteiger partial charge in [-0.2, -0.15) is 0 Å². The number of anilines is 1. The minimum Gasteiger partial charge on any atom is -0.494 e. The van der Waals surface area contributed by atoms with Gasteiger partial charge >= 0.3 is 0 Å². The number of amides is 1. The van der Waals surface area contributed by atoms with Crippen molar-refractivity contribution in [2.45, 2.75) is 20.3 Å². The topological polar surface area (TPSA) is 86.5 Å². The van der Waals surface area contributed by atoms with Gasteiger partial charge in [0.1, 0.15) is 11.5 Å². The van der Waals surface area contributed by atoms with Gasteiger partial charge < -0.3 is 19.2 Å². The van der Waals surface area contributed by atoms with E-state index < -0.39 is 0 Å². The van der Waals surface area contributed by atoms with Crippen LogP contribution in [-0.4, -0.2) is 29.3 Å². The first-order valence-electron chi connectivity index (χ1n) is 8.76. The van der Waals surface area contributed by atoms with Crippen LogP contribution in [0.1, 0.15) is 19.7 Å². The molecule has 0 saturated heterocycles. The number of aryl methyl sites for hydroxylation is 1. The molecule has 0 saturated carbocycles. The summed E-state index contributed by atoms with van der Waals surface area (Å²) < 4.78 is 16.4. The number of benzene rings is 2.